The lowest BCUT2D eigenvalue weighted by Gasteiger charge is -2.32. The third kappa shape index (κ3) is 2.41. The molecule has 1 aliphatic heterocycles. The van der Waals surface area contributed by atoms with E-state index in [1.165, 1.54) is 18.2 Å². The highest BCUT2D eigenvalue weighted by Gasteiger charge is 2.27. The Hall–Kier alpha value is -1.75. The first-order valence-electron chi connectivity index (χ1n) is 6.13. The van der Waals surface area contributed by atoms with Crippen molar-refractivity contribution in [3.05, 3.63) is 23.8 Å². The maximum absolute atomic E-state index is 12.3. The average molecular weight is 250 g/mol. The van der Waals surface area contributed by atoms with E-state index in [0.29, 0.717) is 25.6 Å². The Kier molecular flexibility index (Phi) is 3.72. The molecule has 1 saturated heterocycles. The minimum Gasteiger partial charge on any atom is -0.507 e. The molecule has 1 unspecified atom stereocenters. The number of rotatable bonds is 2. The van der Waals surface area contributed by atoms with Gasteiger partial charge in [-0.25, -0.2) is 0 Å². The predicted molar refractivity (Wildman–Crippen MR) is 67.5 cm³/mol. The zero-order valence-corrected chi connectivity index (χ0v) is 10.2. The van der Waals surface area contributed by atoms with Gasteiger partial charge in [-0.05, 0) is 37.4 Å². The van der Waals surface area contributed by atoms with E-state index in [-0.39, 0.29) is 23.0 Å². The molecular formula is C13H18N2O3. The lowest BCUT2D eigenvalue weighted by Crippen LogP contribution is -2.42. The Morgan fingerprint density at radius 1 is 1.39 bits per heavy atom. The second-order valence-electron chi connectivity index (χ2n) is 4.67. The van der Waals surface area contributed by atoms with Gasteiger partial charge >= 0.3 is 0 Å². The minimum absolute atomic E-state index is 0.0184. The summed E-state index contributed by atoms with van der Waals surface area (Å²) in [6.07, 6.45) is 1.93. The summed E-state index contributed by atoms with van der Waals surface area (Å²) in [6, 6.07) is 4.30. The van der Waals surface area contributed by atoms with Crippen LogP contribution in [-0.4, -0.2) is 40.7 Å². The summed E-state index contributed by atoms with van der Waals surface area (Å²) in [5, 5.41) is 19.4. The van der Waals surface area contributed by atoms with Gasteiger partial charge in [0.1, 0.15) is 17.1 Å². The van der Waals surface area contributed by atoms with Gasteiger partial charge in [0.2, 0.25) is 0 Å². The molecule has 0 bridgehead atoms. The predicted octanol–water partition coefficient (Wildman–Crippen LogP) is 0.909. The van der Waals surface area contributed by atoms with E-state index in [1.807, 2.05) is 0 Å². The number of benzene rings is 1. The lowest BCUT2D eigenvalue weighted by atomic mass is 9.97. The molecule has 1 heterocycles. The highest BCUT2D eigenvalue weighted by atomic mass is 16.3. The molecule has 5 heteroatoms. The minimum atomic E-state index is -0.330. The van der Waals surface area contributed by atoms with E-state index in [1.54, 1.807) is 4.90 Å². The van der Waals surface area contributed by atoms with Crippen molar-refractivity contribution in [2.24, 2.45) is 11.7 Å². The van der Waals surface area contributed by atoms with Gasteiger partial charge in [-0.3, -0.25) is 4.79 Å². The molecule has 1 aliphatic rings. The number of aromatic hydroxyl groups is 2. The SMILES string of the molecule is NCC1CCCN(C(=O)c2c(O)cccc2O)C1. The molecule has 0 saturated carbocycles. The zero-order valence-electron chi connectivity index (χ0n) is 10.2. The number of hydrogen-bond donors (Lipinski definition) is 3. The van der Waals surface area contributed by atoms with Crippen molar-refractivity contribution in [2.45, 2.75) is 12.8 Å². The summed E-state index contributed by atoms with van der Waals surface area (Å²) in [5.74, 6) is -0.399. The van der Waals surface area contributed by atoms with Crippen LogP contribution in [0.15, 0.2) is 18.2 Å². The van der Waals surface area contributed by atoms with Crippen LogP contribution in [-0.2, 0) is 0 Å². The molecule has 18 heavy (non-hydrogen) atoms. The van der Waals surface area contributed by atoms with E-state index in [4.69, 9.17) is 5.73 Å². The summed E-state index contributed by atoms with van der Waals surface area (Å²) in [6.45, 7) is 1.78. The number of carbonyl (C=O) groups excluding carboxylic acids is 1. The van der Waals surface area contributed by atoms with Crippen LogP contribution in [0.3, 0.4) is 0 Å². The Morgan fingerprint density at radius 3 is 2.67 bits per heavy atom. The fourth-order valence-electron chi connectivity index (χ4n) is 2.35. The van der Waals surface area contributed by atoms with Crippen LogP contribution in [0.4, 0.5) is 0 Å². The summed E-state index contributed by atoms with van der Waals surface area (Å²) >= 11 is 0. The first-order valence-corrected chi connectivity index (χ1v) is 6.13. The summed E-state index contributed by atoms with van der Waals surface area (Å²) < 4.78 is 0. The van der Waals surface area contributed by atoms with E-state index in [0.717, 1.165) is 12.8 Å². The Morgan fingerprint density at radius 2 is 2.06 bits per heavy atom. The van der Waals surface area contributed by atoms with Crippen molar-refractivity contribution in [3.8, 4) is 11.5 Å². The van der Waals surface area contributed by atoms with Crippen molar-refractivity contribution < 1.29 is 15.0 Å². The van der Waals surface area contributed by atoms with E-state index in [2.05, 4.69) is 0 Å². The third-order valence-electron chi connectivity index (χ3n) is 3.37. The molecule has 0 radical (unpaired) electrons. The molecule has 1 aromatic carbocycles. The Balaban J connectivity index is 2.20. The highest BCUT2D eigenvalue weighted by Crippen LogP contribution is 2.29. The van der Waals surface area contributed by atoms with Gasteiger partial charge < -0.3 is 20.8 Å². The van der Waals surface area contributed by atoms with Crippen molar-refractivity contribution >= 4 is 5.91 Å². The van der Waals surface area contributed by atoms with E-state index in [9.17, 15) is 15.0 Å². The third-order valence-corrected chi connectivity index (χ3v) is 3.37. The van der Waals surface area contributed by atoms with Gasteiger partial charge in [0, 0.05) is 13.1 Å². The number of likely N-dealkylation sites (tertiary alicyclic amines) is 1. The standard InChI is InChI=1S/C13H18N2O3/c14-7-9-3-2-6-15(8-9)13(18)12-10(16)4-1-5-11(12)17/h1,4-5,9,16-17H,2-3,6-8,14H2. The number of phenolic OH excluding ortho intramolecular Hbond substituents is 2. The number of nitrogens with zero attached hydrogens (tertiary/aromatic N) is 1. The normalized spacial score (nSPS) is 19.8. The first kappa shape index (κ1) is 12.7. The monoisotopic (exact) mass is 250 g/mol. The van der Waals surface area contributed by atoms with Gasteiger partial charge in [-0.2, -0.15) is 0 Å². The topological polar surface area (TPSA) is 86.8 Å². The molecule has 4 N–H and O–H groups in total. The van der Waals surface area contributed by atoms with Crippen LogP contribution >= 0.6 is 0 Å². The number of amides is 1. The van der Waals surface area contributed by atoms with Crippen LogP contribution in [0.1, 0.15) is 23.2 Å². The molecule has 1 aromatic rings. The molecule has 98 valence electrons. The molecule has 1 atom stereocenters. The Bertz CT molecular complexity index is 428. The van der Waals surface area contributed by atoms with Gasteiger partial charge in [0.15, 0.2) is 0 Å². The fourth-order valence-corrected chi connectivity index (χ4v) is 2.35. The average Bonchev–Trinajstić information content (AvgIpc) is 2.38. The van der Waals surface area contributed by atoms with Gasteiger partial charge in [-0.15, -0.1) is 0 Å². The second-order valence-corrected chi connectivity index (χ2v) is 4.67. The molecule has 0 spiro atoms. The molecule has 0 aliphatic carbocycles. The second kappa shape index (κ2) is 5.27. The largest absolute Gasteiger partial charge is 0.507 e. The van der Waals surface area contributed by atoms with Crippen molar-refractivity contribution in [3.63, 3.8) is 0 Å². The molecule has 5 nitrogen and oxygen atoms in total. The van der Waals surface area contributed by atoms with Crippen molar-refractivity contribution in [1.82, 2.24) is 4.90 Å². The summed E-state index contributed by atoms with van der Waals surface area (Å²) in [4.78, 5) is 13.9. The zero-order chi connectivity index (χ0) is 13.1. The highest BCUT2D eigenvalue weighted by molar-refractivity contribution is 5.99. The summed E-state index contributed by atoms with van der Waals surface area (Å²) in [5.41, 5.74) is 5.61. The van der Waals surface area contributed by atoms with Gasteiger partial charge in [-0.1, -0.05) is 6.07 Å². The van der Waals surface area contributed by atoms with Crippen molar-refractivity contribution in [1.29, 1.82) is 0 Å². The van der Waals surface area contributed by atoms with Crippen LogP contribution < -0.4 is 5.73 Å². The number of carbonyl (C=O) groups is 1. The van der Waals surface area contributed by atoms with Crippen molar-refractivity contribution in [2.75, 3.05) is 19.6 Å². The molecular weight excluding hydrogens is 232 g/mol. The number of piperidine rings is 1. The number of nitrogens with two attached hydrogens (primary N) is 1. The van der Waals surface area contributed by atoms with Crippen LogP contribution in [0.5, 0.6) is 11.5 Å². The maximum atomic E-state index is 12.3. The van der Waals surface area contributed by atoms with E-state index >= 15 is 0 Å². The molecule has 0 aromatic heterocycles. The maximum Gasteiger partial charge on any atom is 0.261 e. The van der Waals surface area contributed by atoms with Gasteiger partial charge in [0.25, 0.3) is 5.91 Å². The van der Waals surface area contributed by atoms with Crippen LogP contribution in [0, 0.1) is 5.92 Å². The molecule has 2 rings (SSSR count). The summed E-state index contributed by atoms with van der Waals surface area (Å²) in [7, 11) is 0. The smallest absolute Gasteiger partial charge is 0.261 e. The lowest BCUT2D eigenvalue weighted by molar-refractivity contribution is 0.0672. The van der Waals surface area contributed by atoms with Crippen LogP contribution in [0.25, 0.3) is 0 Å². The first-order chi connectivity index (χ1) is 8.63. The quantitative estimate of drug-likeness (QED) is 0.728. The van der Waals surface area contributed by atoms with Crippen LogP contribution in [0.2, 0.25) is 0 Å². The van der Waals surface area contributed by atoms with Gasteiger partial charge in [0.05, 0.1) is 0 Å². The molecule has 1 amide bonds. The number of phenols is 2. The Labute approximate surface area is 106 Å². The number of hydrogen-bond acceptors (Lipinski definition) is 4. The fraction of sp³-hybridized carbons (Fsp3) is 0.462. The van der Waals surface area contributed by atoms with E-state index < -0.39 is 0 Å². The molecule has 1 fully saturated rings.